The molecule has 0 saturated heterocycles. The van der Waals surface area contributed by atoms with Crippen LogP contribution in [0.5, 0.6) is 5.75 Å². The number of hydrogen-bond donors (Lipinski definition) is 1. The quantitative estimate of drug-likeness (QED) is 0.651. The predicted molar refractivity (Wildman–Crippen MR) is 87.6 cm³/mol. The molecule has 0 spiro atoms. The van der Waals surface area contributed by atoms with Gasteiger partial charge in [-0.25, -0.2) is 0 Å². The Morgan fingerprint density at radius 1 is 1.24 bits per heavy atom. The van der Waals surface area contributed by atoms with E-state index in [2.05, 4.69) is 28.2 Å². The number of ether oxygens (including phenoxy) is 2. The molecule has 0 heterocycles. The molecule has 118 valence electrons. The van der Waals surface area contributed by atoms with E-state index in [0.29, 0.717) is 18.9 Å². The lowest BCUT2D eigenvalue weighted by Gasteiger charge is -2.14. The zero-order valence-corrected chi connectivity index (χ0v) is 14.3. The maximum absolute atomic E-state index is 11.9. The van der Waals surface area contributed by atoms with Gasteiger partial charge in [0.1, 0.15) is 5.75 Å². The molecule has 1 aromatic rings. The minimum absolute atomic E-state index is 0.105. The summed E-state index contributed by atoms with van der Waals surface area (Å²) < 4.78 is 12.0. The summed E-state index contributed by atoms with van der Waals surface area (Å²) in [6, 6.07) is 7.42. The normalized spacial score (nSPS) is 12.0. The number of carbonyl (C=O) groups is 1. The highest BCUT2D eigenvalue weighted by Crippen LogP contribution is 2.17. The largest absolute Gasteiger partial charge is 0.481 e. The van der Waals surface area contributed by atoms with Crippen molar-refractivity contribution in [3.8, 4) is 5.75 Å². The van der Waals surface area contributed by atoms with Crippen molar-refractivity contribution in [2.75, 3.05) is 19.8 Å². The van der Waals surface area contributed by atoms with E-state index >= 15 is 0 Å². The van der Waals surface area contributed by atoms with Crippen LogP contribution >= 0.6 is 15.9 Å². The van der Waals surface area contributed by atoms with E-state index in [1.807, 2.05) is 24.3 Å². The Morgan fingerprint density at radius 3 is 2.57 bits per heavy atom. The zero-order chi connectivity index (χ0) is 15.5. The van der Waals surface area contributed by atoms with Crippen LogP contribution in [0.3, 0.4) is 0 Å². The molecule has 0 fully saturated rings. The highest BCUT2D eigenvalue weighted by Gasteiger charge is 2.13. The molecular weight excluding hydrogens is 334 g/mol. The van der Waals surface area contributed by atoms with Gasteiger partial charge >= 0.3 is 0 Å². The summed E-state index contributed by atoms with van der Waals surface area (Å²) in [5.74, 6) is 0.579. The van der Waals surface area contributed by atoms with E-state index in [4.69, 9.17) is 9.47 Å². The summed E-state index contributed by atoms with van der Waals surface area (Å²) in [6.45, 7) is 5.97. The Morgan fingerprint density at radius 2 is 1.90 bits per heavy atom. The smallest absolute Gasteiger partial charge is 0.260 e. The third kappa shape index (κ3) is 8.07. The second-order valence-corrected chi connectivity index (χ2v) is 5.74. The number of unbranched alkanes of at least 4 members (excludes halogenated alkanes) is 1. The third-order valence-electron chi connectivity index (χ3n) is 2.90. The molecular formula is C16H24BrNO3. The fraction of sp³-hybridized carbons (Fsp3) is 0.562. The van der Waals surface area contributed by atoms with E-state index in [-0.39, 0.29) is 5.91 Å². The SMILES string of the molecule is CCCCOCCCNC(=O)C(C)Oc1ccc(Br)cc1. The fourth-order valence-corrected chi connectivity index (χ4v) is 1.91. The molecule has 21 heavy (non-hydrogen) atoms. The van der Waals surface area contributed by atoms with Gasteiger partial charge in [0.15, 0.2) is 6.10 Å². The zero-order valence-electron chi connectivity index (χ0n) is 12.7. The predicted octanol–water partition coefficient (Wildman–Crippen LogP) is 3.54. The van der Waals surface area contributed by atoms with Gasteiger partial charge in [-0.15, -0.1) is 0 Å². The van der Waals surface area contributed by atoms with Crippen LogP contribution in [0, 0.1) is 0 Å². The highest BCUT2D eigenvalue weighted by molar-refractivity contribution is 9.10. The second-order valence-electron chi connectivity index (χ2n) is 4.82. The van der Waals surface area contributed by atoms with Crippen molar-refractivity contribution in [2.45, 2.75) is 39.2 Å². The molecule has 1 N–H and O–H groups in total. The van der Waals surface area contributed by atoms with Gasteiger partial charge in [-0.2, -0.15) is 0 Å². The standard InChI is InChI=1S/C16H24BrNO3/c1-3-4-11-20-12-5-10-18-16(19)13(2)21-15-8-6-14(17)7-9-15/h6-9,13H,3-5,10-12H2,1-2H3,(H,18,19). The van der Waals surface area contributed by atoms with Crippen LogP contribution in [0.25, 0.3) is 0 Å². The Labute approximate surface area is 135 Å². The first-order valence-corrected chi connectivity index (χ1v) is 8.20. The lowest BCUT2D eigenvalue weighted by molar-refractivity contribution is -0.127. The fourth-order valence-electron chi connectivity index (χ4n) is 1.65. The summed E-state index contributed by atoms with van der Waals surface area (Å²) in [7, 11) is 0. The molecule has 4 nitrogen and oxygen atoms in total. The van der Waals surface area contributed by atoms with E-state index in [1.165, 1.54) is 0 Å². The Bertz CT molecular complexity index is 408. The molecule has 0 bridgehead atoms. The van der Waals surface area contributed by atoms with Crippen molar-refractivity contribution in [2.24, 2.45) is 0 Å². The van der Waals surface area contributed by atoms with Crippen molar-refractivity contribution >= 4 is 21.8 Å². The number of nitrogens with one attached hydrogen (secondary N) is 1. The first-order chi connectivity index (χ1) is 10.1. The van der Waals surface area contributed by atoms with Crippen LogP contribution < -0.4 is 10.1 Å². The number of carbonyl (C=O) groups excluding carboxylic acids is 1. The van der Waals surface area contributed by atoms with Crippen molar-refractivity contribution in [1.82, 2.24) is 5.32 Å². The van der Waals surface area contributed by atoms with Gasteiger partial charge in [-0.1, -0.05) is 29.3 Å². The summed E-state index contributed by atoms with van der Waals surface area (Å²) in [5.41, 5.74) is 0. The lowest BCUT2D eigenvalue weighted by Crippen LogP contribution is -2.37. The summed E-state index contributed by atoms with van der Waals surface area (Å²) in [6.07, 6.45) is 2.54. The Hall–Kier alpha value is -1.07. The van der Waals surface area contributed by atoms with Crippen LogP contribution in [-0.4, -0.2) is 31.8 Å². The molecule has 0 aliphatic heterocycles. The molecule has 0 aromatic heterocycles. The number of amides is 1. The molecule has 1 amide bonds. The van der Waals surface area contributed by atoms with Gasteiger partial charge in [-0.3, -0.25) is 4.79 Å². The molecule has 1 unspecified atom stereocenters. The maximum Gasteiger partial charge on any atom is 0.260 e. The minimum Gasteiger partial charge on any atom is -0.481 e. The van der Waals surface area contributed by atoms with Crippen molar-refractivity contribution in [3.63, 3.8) is 0 Å². The molecule has 1 atom stereocenters. The van der Waals surface area contributed by atoms with Gasteiger partial charge in [0.2, 0.25) is 0 Å². The van der Waals surface area contributed by atoms with Crippen LogP contribution in [0.2, 0.25) is 0 Å². The van der Waals surface area contributed by atoms with Gasteiger partial charge in [-0.05, 0) is 44.0 Å². The number of halogens is 1. The summed E-state index contributed by atoms with van der Waals surface area (Å²) in [5, 5.41) is 2.85. The van der Waals surface area contributed by atoms with Gasteiger partial charge in [0.05, 0.1) is 0 Å². The minimum atomic E-state index is -0.507. The van der Waals surface area contributed by atoms with Crippen molar-refractivity contribution in [3.05, 3.63) is 28.7 Å². The second kappa shape index (κ2) is 10.6. The Balaban J connectivity index is 2.15. The van der Waals surface area contributed by atoms with E-state index in [1.54, 1.807) is 6.92 Å². The average molecular weight is 358 g/mol. The molecule has 1 aromatic carbocycles. The first kappa shape index (κ1) is 18.0. The summed E-state index contributed by atoms with van der Waals surface area (Å²) >= 11 is 3.36. The van der Waals surface area contributed by atoms with Crippen LogP contribution in [0.4, 0.5) is 0 Å². The third-order valence-corrected chi connectivity index (χ3v) is 3.43. The van der Waals surface area contributed by atoms with Gasteiger partial charge in [0, 0.05) is 24.2 Å². The Kier molecular flexibility index (Phi) is 9.10. The summed E-state index contributed by atoms with van der Waals surface area (Å²) in [4.78, 5) is 11.9. The maximum atomic E-state index is 11.9. The van der Waals surface area contributed by atoms with Gasteiger partial charge in [0.25, 0.3) is 5.91 Å². The van der Waals surface area contributed by atoms with Gasteiger partial charge < -0.3 is 14.8 Å². The van der Waals surface area contributed by atoms with E-state index < -0.39 is 6.10 Å². The molecule has 1 rings (SSSR count). The van der Waals surface area contributed by atoms with Crippen LogP contribution in [-0.2, 0) is 9.53 Å². The molecule has 0 saturated carbocycles. The highest BCUT2D eigenvalue weighted by atomic mass is 79.9. The number of hydrogen-bond acceptors (Lipinski definition) is 3. The molecule has 5 heteroatoms. The molecule has 0 aliphatic carbocycles. The molecule has 0 aliphatic rings. The number of rotatable bonds is 10. The number of benzene rings is 1. The monoisotopic (exact) mass is 357 g/mol. The average Bonchev–Trinajstić information content (AvgIpc) is 2.48. The lowest BCUT2D eigenvalue weighted by atomic mass is 10.3. The van der Waals surface area contributed by atoms with Crippen LogP contribution in [0.15, 0.2) is 28.7 Å². The molecule has 0 radical (unpaired) electrons. The van der Waals surface area contributed by atoms with E-state index in [0.717, 1.165) is 30.3 Å². The van der Waals surface area contributed by atoms with Crippen molar-refractivity contribution in [1.29, 1.82) is 0 Å². The van der Waals surface area contributed by atoms with Crippen LogP contribution in [0.1, 0.15) is 33.1 Å². The van der Waals surface area contributed by atoms with Crippen molar-refractivity contribution < 1.29 is 14.3 Å². The van der Waals surface area contributed by atoms with E-state index in [9.17, 15) is 4.79 Å². The first-order valence-electron chi connectivity index (χ1n) is 7.41. The topological polar surface area (TPSA) is 47.6 Å².